The largest absolute Gasteiger partial charge is 0.493 e. The number of hydrogen-bond donors (Lipinski definition) is 0. The molecular weight excluding hydrogens is 573 g/mol. The third kappa shape index (κ3) is 3.84. The molecule has 0 amide bonds. The monoisotopic (exact) mass is 603 g/mol. The quantitative estimate of drug-likeness (QED) is 0.184. The van der Waals surface area contributed by atoms with Crippen molar-refractivity contribution < 1.29 is 33.0 Å². The van der Waals surface area contributed by atoms with Gasteiger partial charge in [-0.15, -0.1) is 0 Å². The molecule has 3 atom stereocenters. The Morgan fingerprint density at radius 3 is 2.11 bits per heavy atom. The lowest BCUT2D eigenvalue weighted by Crippen LogP contribution is -2.48. The molecule has 7 nitrogen and oxygen atoms in total. The van der Waals surface area contributed by atoms with E-state index in [-0.39, 0.29) is 28.8 Å². The Balaban J connectivity index is 1.59. The summed E-state index contributed by atoms with van der Waals surface area (Å²) in [4.78, 5) is 46.6. The maximum absolute atomic E-state index is 14.9. The van der Waals surface area contributed by atoms with Crippen LogP contribution in [0.5, 0.6) is 17.2 Å². The van der Waals surface area contributed by atoms with Crippen LogP contribution >= 0.6 is 0 Å². The first-order chi connectivity index (χ1) is 21.8. The number of rotatable bonds is 6. The van der Waals surface area contributed by atoms with Gasteiger partial charge in [-0.1, -0.05) is 72.3 Å². The highest BCUT2D eigenvalue weighted by Crippen LogP contribution is 2.63. The second kappa shape index (κ2) is 10.4. The summed E-state index contributed by atoms with van der Waals surface area (Å²) in [5.74, 6) is -1.62. The van der Waals surface area contributed by atoms with Crippen LogP contribution in [0.1, 0.15) is 53.7 Å². The Morgan fingerprint density at radius 1 is 0.822 bits per heavy atom. The van der Waals surface area contributed by atoms with E-state index in [0.29, 0.717) is 39.3 Å². The number of carbonyl (C=O) groups is 3. The molecular formula is C37H30FNO6. The third-order valence-corrected chi connectivity index (χ3v) is 9.44. The standard InChI is InChI=1S/C37H30FNO6/c1-20-9-11-21(12-10-20)32(40)31-30(26-15-17-28(43-2)34(45-4)33(26)44-3)37(35(41)24-7-5-6-8-25(24)36(37)42)29-18-13-22-19-23(38)14-16-27(22)39(29)31/h5-19,29-31H,1-4H3/t29-,30+,31+/m1/s1. The van der Waals surface area contributed by atoms with Gasteiger partial charge in [-0.05, 0) is 31.2 Å². The van der Waals surface area contributed by atoms with Crippen molar-refractivity contribution in [2.45, 2.75) is 24.9 Å². The number of hydrogen-bond acceptors (Lipinski definition) is 7. The minimum atomic E-state index is -1.76. The summed E-state index contributed by atoms with van der Waals surface area (Å²) in [6.07, 6.45) is 3.48. The number of benzene rings is 4. The zero-order valence-corrected chi connectivity index (χ0v) is 25.2. The van der Waals surface area contributed by atoms with Crippen molar-refractivity contribution in [2.24, 2.45) is 5.41 Å². The van der Waals surface area contributed by atoms with Crippen molar-refractivity contribution in [3.8, 4) is 17.2 Å². The normalized spacial score (nSPS) is 20.6. The minimum absolute atomic E-state index is 0.252. The molecule has 0 saturated carbocycles. The van der Waals surface area contributed by atoms with Crippen molar-refractivity contribution in [1.82, 2.24) is 0 Å². The molecule has 1 fully saturated rings. The van der Waals surface area contributed by atoms with Crippen molar-refractivity contribution in [3.05, 3.63) is 124 Å². The van der Waals surface area contributed by atoms with Crippen LogP contribution in [0.2, 0.25) is 0 Å². The van der Waals surface area contributed by atoms with Gasteiger partial charge in [0.05, 0.1) is 27.4 Å². The molecule has 8 heteroatoms. The van der Waals surface area contributed by atoms with Crippen molar-refractivity contribution in [3.63, 3.8) is 0 Å². The zero-order chi connectivity index (χ0) is 31.6. The first kappa shape index (κ1) is 28.5. The first-order valence-corrected chi connectivity index (χ1v) is 14.6. The van der Waals surface area contributed by atoms with E-state index in [1.807, 2.05) is 24.0 Å². The molecule has 0 aromatic heterocycles. The van der Waals surface area contributed by atoms with E-state index in [0.717, 1.165) is 5.56 Å². The molecule has 0 radical (unpaired) electrons. The number of ether oxygens (including phenoxy) is 3. The van der Waals surface area contributed by atoms with Crippen LogP contribution in [0.4, 0.5) is 10.1 Å². The SMILES string of the molecule is COc1ccc([C@H]2[C@@H](C(=O)c3ccc(C)cc3)N3c4ccc(F)cc4C=C[C@@H]3C23C(=O)c2ccccc2C3=O)c(OC)c1OC. The van der Waals surface area contributed by atoms with Gasteiger partial charge < -0.3 is 19.1 Å². The lowest BCUT2D eigenvalue weighted by molar-refractivity contribution is 0.0664. The van der Waals surface area contributed by atoms with Crippen molar-refractivity contribution in [1.29, 1.82) is 0 Å². The Hall–Kier alpha value is -5.24. The lowest BCUT2D eigenvalue weighted by Gasteiger charge is -2.37. The van der Waals surface area contributed by atoms with E-state index in [1.54, 1.807) is 66.7 Å². The highest BCUT2D eigenvalue weighted by Gasteiger charge is 2.72. The molecule has 4 aromatic carbocycles. The molecule has 7 rings (SSSR count). The minimum Gasteiger partial charge on any atom is -0.493 e. The maximum Gasteiger partial charge on any atom is 0.203 e. The fourth-order valence-electron chi connectivity index (χ4n) is 7.55. The van der Waals surface area contributed by atoms with Gasteiger partial charge in [-0.2, -0.15) is 0 Å². The molecule has 2 aliphatic heterocycles. The van der Waals surface area contributed by atoms with Crippen molar-refractivity contribution in [2.75, 3.05) is 26.2 Å². The number of carbonyl (C=O) groups excluding carboxylic acids is 3. The molecule has 2 heterocycles. The van der Waals surface area contributed by atoms with Gasteiger partial charge in [0.1, 0.15) is 17.3 Å². The number of halogens is 1. The molecule has 0 bridgehead atoms. The Labute approximate surface area is 259 Å². The average molecular weight is 604 g/mol. The summed E-state index contributed by atoms with van der Waals surface area (Å²) < 4.78 is 31.7. The van der Waals surface area contributed by atoms with Gasteiger partial charge in [0.15, 0.2) is 28.8 Å². The Morgan fingerprint density at radius 2 is 1.49 bits per heavy atom. The van der Waals surface area contributed by atoms with E-state index >= 15 is 0 Å². The highest BCUT2D eigenvalue weighted by molar-refractivity contribution is 6.32. The zero-order valence-electron chi connectivity index (χ0n) is 25.2. The summed E-state index contributed by atoms with van der Waals surface area (Å²) in [5.41, 5.74) is 1.77. The van der Waals surface area contributed by atoms with Crippen LogP contribution in [0, 0.1) is 18.2 Å². The van der Waals surface area contributed by atoms with Crippen LogP contribution in [0.3, 0.4) is 0 Å². The molecule has 4 aromatic rings. The molecule has 0 unspecified atom stereocenters. The number of fused-ring (bicyclic) bond motifs is 5. The molecule has 45 heavy (non-hydrogen) atoms. The molecule has 226 valence electrons. The van der Waals surface area contributed by atoms with Gasteiger partial charge in [0.25, 0.3) is 0 Å². The van der Waals surface area contributed by atoms with Gasteiger partial charge in [0.2, 0.25) is 5.75 Å². The average Bonchev–Trinajstić information content (AvgIpc) is 3.49. The predicted octanol–water partition coefficient (Wildman–Crippen LogP) is 6.48. The number of aryl methyl sites for hydroxylation is 1. The summed E-state index contributed by atoms with van der Waals surface area (Å²) in [6.45, 7) is 1.93. The molecule has 0 N–H and O–H groups in total. The van der Waals surface area contributed by atoms with Crippen LogP contribution in [-0.2, 0) is 0 Å². The first-order valence-electron chi connectivity index (χ1n) is 14.6. The lowest BCUT2D eigenvalue weighted by atomic mass is 9.64. The number of methoxy groups -OCH3 is 3. The van der Waals surface area contributed by atoms with E-state index < -0.39 is 29.2 Å². The third-order valence-electron chi connectivity index (χ3n) is 9.44. The number of anilines is 1. The number of nitrogens with zero attached hydrogens (tertiary/aromatic N) is 1. The fraction of sp³-hybridized carbons (Fsp3) is 0.216. The van der Waals surface area contributed by atoms with Gasteiger partial charge in [-0.25, -0.2) is 4.39 Å². The van der Waals surface area contributed by atoms with Crippen LogP contribution in [0.15, 0.2) is 84.9 Å². The van der Waals surface area contributed by atoms with Gasteiger partial charge in [-0.3, -0.25) is 14.4 Å². The van der Waals surface area contributed by atoms with E-state index in [2.05, 4.69) is 0 Å². The van der Waals surface area contributed by atoms with Gasteiger partial charge >= 0.3 is 0 Å². The second-order valence-corrected chi connectivity index (χ2v) is 11.6. The summed E-state index contributed by atoms with van der Waals surface area (Å²) >= 11 is 0. The molecule has 1 saturated heterocycles. The second-order valence-electron chi connectivity index (χ2n) is 11.6. The summed E-state index contributed by atoms with van der Waals surface area (Å²) in [5, 5.41) is 0. The Bertz CT molecular complexity index is 1900. The smallest absolute Gasteiger partial charge is 0.203 e. The predicted molar refractivity (Wildman–Crippen MR) is 167 cm³/mol. The Kier molecular flexibility index (Phi) is 6.62. The topological polar surface area (TPSA) is 82.1 Å². The highest BCUT2D eigenvalue weighted by atomic mass is 19.1. The molecule has 1 spiro atoms. The maximum atomic E-state index is 14.9. The van der Waals surface area contributed by atoms with Crippen molar-refractivity contribution >= 4 is 29.1 Å². The summed E-state index contributed by atoms with van der Waals surface area (Å²) in [7, 11) is 4.44. The van der Waals surface area contributed by atoms with E-state index in [9.17, 15) is 18.8 Å². The van der Waals surface area contributed by atoms with Gasteiger partial charge in [0, 0.05) is 39.4 Å². The number of ketones is 3. The van der Waals surface area contributed by atoms with E-state index in [4.69, 9.17) is 14.2 Å². The molecule has 3 aliphatic rings. The van der Waals surface area contributed by atoms with E-state index in [1.165, 1.54) is 33.5 Å². The summed E-state index contributed by atoms with van der Waals surface area (Å²) in [6, 6.07) is 19.8. The molecule has 1 aliphatic carbocycles. The number of Topliss-reactive ketones (excluding diaryl/α,β-unsaturated/α-hetero) is 3. The fourth-order valence-corrected chi connectivity index (χ4v) is 7.55. The van der Waals surface area contributed by atoms with Crippen LogP contribution < -0.4 is 19.1 Å². The van der Waals surface area contributed by atoms with Crippen LogP contribution in [0.25, 0.3) is 6.08 Å². The van der Waals surface area contributed by atoms with Crippen LogP contribution in [-0.4, -0.2) is 50.8 Å².